The number of hydrogen-bond acceptors (Lipinski definition) is 9. The number of rotatable bonds is 10. The monoisotopic (exact) mass is 570 g/mol. The molecule has 1 saturated carbocycles. The van der Waals surface area contributed by atoms with Gasteiger partial charge in [-0.2, -0.15) is 28.5 Å². The van der Waals surface area contributed by atoms with Crippen LogP contribution in [0.25, 0.3) is 5.69 Å². The molecule has 3 aromatic rings. The van der Waals surface area contributed by atoms with E-state index in [4.69, 9.17) is 9.47 Å². The number of hydrogen-bond donors (Lipinski definition) is 2. The maximum absolute atomic E-state index is 14.7. The van der Waals surface area contributed by atoms with E-state index < -0.39 is 17.6 Å². The molecule has 11 nitrogen and oxygen atoms in total. The minimum atomic E-state index is -4.80. The molecule has 216 valence electrons. The molecule has 1 amide bonds. The standard InChI is InChI=1S/C27H29F3N8O3/c1-36(2)14-15-40-23-17-37(13-11-31-23)25-20(6-7-22(24(25)27(28,29)30)41-19-4-3-5-19)34-26(39)21-9-12-38(35-21)18-8-10-32-33-16-18/h6-13,16-17,19,31H,3-5,14-15H2,1-2H3,(H,34,39). The Morgan fingerprint density at radius 1 is 1.20 bits per heavy atom. The van der Waals surface area contributed by atoms with Gasteiger partial charge in [0, 0.05) is 25.1 Å². The van der Waals surface area contributed by atoms with E-state index in [9.17, 15) is 18.0 Å². The number of nitrogens with zero attached hydrogens (tertiary/aromatic N) is 6. The summed E-state index contributed by atoms with van der Waals surface area (Å²) >= 11 is 0. The second-order valence-corrected chi connectivity index (χ2v) is 9.72. The summed E-state index contributed by atoms with van der Waals surface area (Å²) in [7, 11) is 3.76. The maximum Gasteiger partial charge on any atom is 0.422 e. The van der Waals surface area contributed by atoms with Crippen molar-refractivity contribution in [3.63, 3.8) is 0 Å². The van der Waals surface area contributed by atoms with Crippen LogP contribution in [0.1, 0.15) is 35.3 Å². The van der Waals surface area contributed by atoms with Gasteiger partial charge in [0.25, 0.3) is 5.91 Å². The molecule has 0 unspecified atom stereocenters. The highest BCUT2D eigenvalue weighted by Crippen LogP contribution is 2.48. The van der Waals surface area contributed by atoms with Crippen molar-refractivity contribution in [1.29, 1.82) is 0 Å². The zero-order valence-electron chi connectivity index (χ0n) is 22.4. The fourth-order valence-corrected chi connectivity index (χ4v) is 4.14. The van der Waals surface area contributed by atoms with Crippen molar-refractivity contribution >= 4 is 17.3 Å². The van der Waals surface area contributed by atoms with Gasteiger partial charge in [0.05, 0.1) is 41.8 Å². The van der Waals surface area contributed by atoms with Gasteiger partial charge in [-0.15, -0.1) is 0 Å². The van der Waals surface area contributed by atoms with E-state index >= 15 is 0 Å². The minimum absolute atomic E-state index is 0.00443. The molecule has 1 aliphatic heterocycles. The van der Waals surface area contributed by atoms with Crippen LogP contribution in [0.3, 0.4) is 0 Å². The summed E-state index contributed by atoms with van der Waals surface area (Å²) in [5.74, 6) is -0.756. The molecule has 3 heterocycles. The van der Waals surface area contributed by atoms with Crippen LogP contribution >= 0.6 is 0 Å². The first-order chi connectivity index (χ1) is 19.7. The molecular weight excluding hydrogens is 541 g/mol. The van der Waals surface area contributed by atoms with Gasteiger partial charge < -0.3 is 29.9 Å². The van der Waals surface area contributed by atoms with Gasteiger partial charge in [0.15, 0.2) is 5.69 Å². The Hall–Kier alpha value is -4.59. The van der Waals surface area contributed by atoms with Crippen molar-refractivity contribution in [2.45, 2.75) is 31.5 Å². The number of benzene rings is 1. The Labute approximate surface area is 234 Å². The lowest BCUT2D eigenvalue weighted by molar-refractivity contribution is -0.139. The van der Waals surface area contributed by atoms with Crippen LogP contribution in [0, 0.1) is 0 Å². The summed E-state index contributed by atoms with van der Waals surface area (Å²) in [5.41, 5.74) is -0.846. The molecule has 0 radical (unpaired) electrons. The SMILES string of the molecule is CN(C)CCOC1=CN(c2c(NC(=O)c3ccn(-c4ccnnc4)n3)ccc(OC3CCC3)c2C(F)(F)F)C=CN1. The average molecular weight is 571 g/mol. The Balaban J connectivity index is 1.51. The predicted molar refractivity (Wildman–Crippen MR) is 144 cm³/mol. The molecule has 2 aromatic heterocycles. The predicted octanol–water partition coefficient (Wildman–Crippen LogP) is 4.12. The van der Waals surface area contributed by atoms with Gasteiger partial charge in [-0.1, -0.05) is 0 Å². The Morgan fingerprint density at radius 3 is 2.71 bits per heavy atom. The number of nitrogens with one attached hydrogen (secondary N) is 2. The van der Waals surface area contributed by atoms with Crippen LogP contribution in [-0.2, 0) is 10.9 Å². The number of carbonyl (C=O) groups is 1. The Bertz CT molecular complexity index is 1440. The van der Waals surface area contributed by atoms with Crippen LogP contribution in [0.4, 0.5) is 24.5 Å². The molecule has 5 rings (SSSR count). The van der Waals surface area contributed by atoms with E-state index in [1.807, 2.05) is 19.0 Å². The lowest BCUT2D eigenvalue weighted by atomic mass is 9.96. The van der Waals surface area contributed by atoms with Gasteiger partial charge in [0.2, 0.25) is 5.88 Å². The average Bonchev–Trinajstić information content (AvgIpc) is 3.42. The van der Waals surface area contributed by atoms with E-state index in [0.29, 0.717) is 31.7 Å². The molecule has 2 aliphatic rings. The minimum Gasteiger partial charge on any atom is -0.490 e. The van der Waals surface area contributed by atoms with Crippen molar-refractivity contribution < 1.29 is 27.4 Å². The summed E-state index contributed by atoms with van der Waals surface area (Å²) in [6.45, 7) is 0.911. The first-order valence-electron chi connectivity index (χ1n) is 12.9. The second kappa shape index (κ2) is 11.9. The number of ether oxygens (including phenoxy) is 2. The van der Waals surface area contributed by atoms with Gasteiger partial charge in [0.1, 0.15) is 17.9 Å². The van der Waals surface area contributed by atoms with Crippen LogP contribution in [0.15, 0.2) is 67.3 Å². The van der Waals surface area contributed by atoms with Gasteiger partial charge in [-0.05, 0) is 57.6 Å². The fourth-order valence-electron chi connectivity index (χ4n) is 4.14. The molecule has 1 aliphatic carbocycles. The largest absolute Gasteiger partial charge is 0.490 e. The molecule has 0 bridgehead atoms. The van der Waals surface area contributed by atoms with E-state index in [2.05, 4.69) is 25.9 Å². The Morgan fingerprint density at radius 2 is 2.02 bits per heavy atom. The molecule has 0 spiro atoms. The quantitative estimate of drug-likeness (QED) is 0.372. The number of likely N-dealkylation sites (N-methyl/N-ethyl adjacent to an activating group) is 1. The van der Waals surface area contributed by atoms with E-state index in [-0.39, 0.29) is 34.8 Å². The molecule has 0 atom stereocenters. The topological polar surface area (TPSA) is 110 Å². The second-order valence-electron chi connectivity index (χ2n) is 9.72. The lowest BCUT2D eigenvalue weighted by Crippen LogP contribution is -2.29. The normalized spacial score (nSPS) is 15.3. The molecular formula is C27H29F3N8O3. The molecule has 2 N–H and O–H groups in total. The van der Waals surface area contributed by atoms with E-state index in [1.165, 1.54) is 58.8 Å². The van der Waals surface area contributed by atoms with E-state index in [1.54, 1.807) is 12.3 Å². The highest BCUT2D eigenvalue weighted by Gasteiger charge is 2.41. The lowest BCUT2D eigenvalue weighted by Gasteiger charge is -2.31. The third kappa shape index (κ3) is 6.60. The number of anilines is 2. The highest BCUT2D eigenvalue weighted by molar-refractivity contribution is 6.05. The summed E-state index contributed by atoms with van der Waals surface area (Å²) in [4.78, 5) is 16.4. The number of alkyl halides is 3. The summed E-state index contributed by atoms with van der Waals surface area (Å²) in [6.07, 6.45) is 5.91. The van der Waals surface area contributed by atoms with E-state index in [0.717, 1.165) is 6.42 Å². The van der Waals surface area contributed by atoms with Crippen molar-refractivity contribution in [1.82, 2.24) is 30.2 Å². The zero-order chi connectivity index (χ0) is 29.0. The maximum atomic E-state index is 14.7. The van der Waals surface area contributed by atoms with Crippen LogP contribution in [0.2, 0.25) is 0 Å². The summed E-state index contributed by atoms with van der Waals surface area (Å²) in [6, 6.07) is 5.75. The zero-order valence-corrected chi connectivity index (χ0v) is 22.4. The first-order valence-corrected chi connectivity index (χ1v) is 12.9. The third-order valence-corrected chi connectivity index (χ3v) is 6.44. The molecule has 1 fully saturated rings. The van der Waals surface area contributed by atoms with Crippen molar-refractivity contribution in [2.75, 3.05) is 37.5 Å². The number of carbonyl (C=O) groups excluding carboxylic acids is 1. The number of amides is 1. The fraction of sp³-hybridized carbons (Fsp3) is 0.333. The molecule has 14 heteroatoms. The smallest absolute Gasteiger partial charge is 0.422 e. The van der Waals surface area contributed by atoms with Crippen LogP contribution < -0.4 is 20.3 Å². The van der Waals surface area contributed by atoms with Crippen LogP contribution in [0.5, 0.6) is 5.75 Å². The van der Waals surface area contributed by atoms with Crippen molar-refractivity contribution in [3.8, 4) is 11.4 Å². The molecule has 1 aromatic carbocycles. The van der Waals surface area contributed by atoms with Crippen LogP contribution in [-0.4, -0.2) is 64.1 Å². The number of aromatic nitrogens is 4. The third-order valence-electron chi connectivity index (χ3n) is 6.44. The molecule has 41 heavy (non-hydrogen) atoms. The van der Waals surface area contributed by atoms with Crippen molar-refractivity contribution in [2.24, 2.45) is 0 Å². The summed E-state index contributed by atoms with van der Waals surface area (Å²) < 4.78 is 57.0. The van der Waals surface area contributed by atoms with Gasteiger partial charge in [-0.25, -0.2) is 4.68 Å². The van der Waals surface area contributed by atoms with Crippen molar-refractivity contribution in [3.05, 3.63) is 78.6 Å². The van der Waals surface area contributed by atoms with Gasteiger partial charge >= 0.3 is 6.18 Å². The highest BCUT2D eigenvalue weighted by atomic mass is 19.4. The first kappa shape index (κ1) is 28.0. The Kier molecular flexibility index (Phi) is 8.10. The number of halogens is 3. The molecule has 0 saturated heterocycles. The summed E-state index contributed by atoms with van der Waals surface area (Å²) in [5, 5.41) is 17.2. The van der Waals surface area contributed by atoms with Gasteiger partial charge in [-0.3, -0.25) is 4.79 Å².